The van der Waals surface area contributed by atoms with Gasteiger partial charge in [0.1, 0.15) is 0 Å². The van der Waals surface area contributed by atoms with E-state index in [0.29, 0.717) is 19.6 Å². The monoisotopic (exact) mass is 263 g/mol. The van der Waals surface area contributed by atoms with Crippen molar-refractivity contribution in [1.82, 2.24) is 4.72 Å². The Morgan fingerprint density at radius 2 is 2.06 bits per heavy atom. The van der Waals surface area contributed by atoms with Crippen LogP contribution in [0.15, 0.2) is 0 Å². The molecule has 1 heterocycles. The minimum atomic E-state index is -1.29. The molecule has 1 fully saturated rings. The van der Waals surface area contributed by atoms with E-state index in [2.05, 4.69) is 4.72 Å². The Kier molecular flexibility index (Phi) is 4.33. The summed E-state index contributed by atoms with van der Waals surface area (Å²) in [6.45, 7) is 7.99. The highest BCUT2D eigenvalue weighted by Gasteiger charge is 2.50. The van der Waals surface area contributed by atoms with E-state index in [9.17, 15) is 14.1 Å². The first-order valence-electron chi connectivity index (χ1n) is 5.73. The average molecular weight is 263 g/mol. The van der Waals surface area contributed by atoms with Crippen LogP contribution < -0.4 is 4.72 Å². The summed E-state index contributed by atoms with van der Waals surface area (Å²) >= 11 is 0. The molecular weight excluding hydrogens is 242 g/mol. The zero-order chi connectivity index (χ0) is 13.3. The van der Waals surface area contributed by atoms with Gasteiger partial charge in [0.2, 0.25) is 0 Å². The molecule has 0 amide bonds. The summed E-state index contributed by atoms with van der Waals surface area (Å²) in [5, 5.41) is 9.20. The second kappa shape index (κ2) is 5.04. The zero-order valence-corrected chi connectivity index (χ0v) is 11.6. The van der Waals surface area contributed by atoms with Crippen molar-refractivity contribution in [3.8, 4) is 0 Å². The molecule has 1 aliphatic rings. The standard InChI is InChI=1S/C11H21NO4S/c1-5-8(9(13)14)11(6-16-7-11)12-17(15)10(2,3)4/h8,12H,5-7H2,1-4H3,(H,13,14)/t8-,17-/m1/s1. The number of carboxylic acids is 1. The van der Waals surface area contributed by atoms with Gasteiger partial charge in [-0.15, -0.1) is 0 Å². The van der Waals surface area contributed by atoms with E-state index in [1.54, 1.807) is 0 Å². The van der Waals surface area contributed by atoms with Gasteiger partial charge in [-0.05, 0) is 27.2 Å². The maximum absolute atomic E-state index is 12.1. The molecule has 0 aromatic rings. The third-order valence-corrected chi connectivity index (χ3v) is 4.65. The molecule has 2 atom stereocenters. The number of nitrogens with one attached hydrogen (secondary N) is 1. The molecule has 0 radical (unpaired) electrons. The molecule has 2 N–H and O–H groups in total. The van der Waals surface area contributed by atoms with E-state index in [-0.39, 0.29) is 0 Å². The molecule has 0 aromatic carbocycles. The van der Waals surface area contributed by atoms with Crippen molar-refractivity contribution < 1.29 is 18.8 Å². The van der Waals surface area contributed by atoms with Gasteiger partial charge in [-0.3, -0.25) is 4.79 Å². The van der Waals surface area contributed by atoms with Crippen LogP contribution in [-0.2, 0) is 20.5 Å². The number of hydrogen-bond acceptors (Lipinski definition) is 3. The topological polar surface area (TPSA) is 75.6 Å². The Hall–Kier alpha value is -0.460. The van der Waals surface area contributed by atoms with Crippen LogP contribution in [0.5, 0.6) is 0 Å². The lowest BCUT2D eigenvalue weighted by Gasteiger charge is -2.46. The Morgan fingerprint density at radius 1 is 1.53 bits per heavy atom. The van der Waals surface area contributed by atoms with Crippen LogP contribution >= 0.6 is 0 Å². The minimum Gasteiger partial charge on any atom is -0.481 e. The Labute approximate surface area is 105 Å². The number of rotatable bonds is 5. The van der Waals surface area contributed by atoms with E-state index >= 15 is 0 Å². The zero-order valence-electron chi connectivity index (χ0n) is 10.8. The molecule has 100 valence electrons. The molecule has 0 bridgehead atoms. The predicted octanol–water partition coefficient (Wildman–Crippen LogP) is 0.918. The molecule has 6 heteroatoms. The van der Waals surface area contributed by atoms with Crippen LogP contribution in [0.25, 0.3) is 0 Å². The molecular formula is C11H21NO4S. The van der Waals surface area contributed by atoms with Gasteiger partial charge in [-0.25, -0.2) is 8.93 Å². The first-order valence-corrected chi connectivity index (χ1v) is 6.88. The summed E-state index contributed by atoms with van der Waals surface area (Å²) in [6.07, 6.45) is 0.493. The molecule has 1 rings (SSSR count). The Balaban J connectivity index is 2.83. The van der Waals surface area contributed by atoms with Crippen LogP contribution in [-0.4, -0.2) is 38.8 Å². The third kappa shape index (κ3) is 3.05. The highest BCUT2D eigenvalue weighted by Crippen LogP contribution is 2.31. The maximum Gasteiger partial charge on any atom is 0.308 e. The quantitative estimate of drug-likeness (QED) is 0.773. The second-order valence-electron chi connectivity index (χ2n) is 5.43. The van der Waals surface area contributed by atoms with Gasteiger partial charge in [0, 0.05) is 0 Å². The van der Waals surface area contributed by atoms with Crippen molar-refractivity contribution in [1.29, 1.82) is 0 Å². The Bertz CT molecular complexity index is 320. The fraction of sp³-hybridized carbons (Fsp3) is 0.909. The van der Waals surface area contributed by atoms with Crippen molar-refractivity contribution >= 4 is 17.0 Å². The molecule has 0 aromatic heterocycles. The first-order chi connectivity index (χ1) is 7.73. The molecule has 0 saturated carbocycles. The van der Waals surface area contributed by atoms with E-state index < -0.39 is 33.2 Å². The second-order valence-corrected chi connectivity index (χ2v) is 7.40. The van der Waals surface area contributed by atoms with Crippen molar-refractivity contribution in [2.24, 2.45) is 5.92 Å². The first kappa shape index (κ1) is 14.6. The van der Waals surface area contributed by atoms with E-state index in [1.165, 1.54) is 0 Å². The number of carbonyl (C=O) groups is 1. The summed E-state index contributed by atoms with van der Waals surface area (Å²) in [7, 11) is -1.29. The fourth-order valence-electron chi connectivity index (χ4n) is 1.79. The largest absolute Gasteiger partial charge is 0.481 e. The van der Waals surface area contributed by atoms with Gasteiger partial charge in [0.15, 0.2) is 0 Å². The highest BCUT2D eigenvalue weighted by atomic mass is 32.2. The third-order valence-electron chi connectivity index (χ3n) is 2.94. The molecule has 5 nitrogen and oxygen atoms in total. The van der Waals surface area contributed by atoms with Crippen molar-refractivity contribution in [2.45, 2.75) is 44.4 Å². The Morgan fingerprint density at radius 3 is 2.29 bits per heavy atom. The lowest BCUT2D eigenvalue weighted by Crippen LogP contribution is -2.68. The lowest BCUT2D eigenvalue weighted by molar-refractivity contribution is -0.157. The van der Waals surface area contributed by atoms with E-state index in [4.69, 9.17) is 4.74 Å². The van der Waals surface area contributed by atoms with Gasteiger partial charge in [-0.1, -0.05) is 6.92 Å². The fourth-order valence-corrected chi connectivity index (χ4v) is 2.73. The molecule has 0 unspecified atom stereocenters. The van der Waals surface area contributed by atoms with Gasteiger partial charge >= 0.3 is 5.97 Å². The molecule has 1 aliphatic heterocycles. The highest BCUT2D eigenvalue weighted by molar-refractivity contribution is 7.84. The van der Waals surface area contributed by atoms with Crippen LogP contribution in [0.4, 0.5) is 0 Å². The molecule has 17 heavy (non-hydrogen) atoms. The molecule has 0 aliphatic carbocycles. The van der Waals surface area contributed by atoms with Gasteiger partial charge in [-0.2, -0.15) is 0 Å². The van der Waals surface area contributed by atoms with Crippen molar-refractivity contribution in [2.75, 3.05) is 13.2 Å². The van der Waals surface area contributed by atoms with Crippen LogP contribution in [0.3, 0.4) is 0 Å². The minimum absolute atomic E-state index is 0.305. The molecule has 1 saturated heterocycles. The van der Waals surface area contributed by atoms with Crippen LogP contribution in [0.1, 0.15) is 34.1 Å². The van der Waals surface area contributed by atoms with Crippen LogP contribution in [0, 0.1) is 5.92 Å². The van der Waals surface area contributed by atoms with E-state index in [1.807, 2.05) is 27.7 Å². The number of ether oxygens (including phenoxy) is 1. The van der Waals surface area contributed by atoms with Gasteiger partial charge in [0.25, 0.3) is 0 Å². The lowest BCUT2D eigenvalue weighted by atomic mass is 9.81. The van der Waals surface area contributed by atoms with Crippen LogP contribution in [0.2, 0.25) is 0 Å². The maximum atomic E-state index is 12.1. The normalized spacial score (nSPS) is 22.6. The summed E-state index contributed by atoms with van der Waals surface area (Å²) in [5.74, 6) is -1.43. The van der Waals surface area contributed by atoms with Gasteiger partial charge in [0.05, 0.1) is 40.4 Å². The smallest absolute Gasteiger partial charge is 0.308 e. The predicted molar refractivity (Wildman–Crippen MR) is 66.0 cm³/mol. The number of aliphatic carboxylic acids is 1. The summed E-state index contributed by atoms with van der Waals surface area (Å²) in [5.41, 5.74) is -0.682. The van der Waals surface area contributed by atoms with Crippen molar-refractivity contribution in [3.05, 3.63) is 0 Å². The number of hydrogen-bond donors (Lipinski definition) is 2. The average Bonchev–Trinajstić information content (AvgIpc) is 2.12. The number of carboxylic acid groups (broad SMARTS) is 1. The van der Waals surface area contributed by atoms with Crippen molar-refractivity contribution in [3.63, 3.8) is 0 Å². The summed E-state index contributed by atoms with van der Waals surface area (Å²) in [6, 6.07) is 0. The SMILES string of the molecule is CC[C@H](C(=O)O)C1(N[S@](=O)C(C)(C)C)COC1. The van der Waals surface area contributed by atoms with E-state index in [0.717, 1.165) is 0 Å². The summed E-state index contributed by atoms with van der Waals surface area (Å²) < 4.78 is 19.7. The molecule has 0 spiro atoms. The summed E-state index contributed by atoms with van der Waals surface area (Å²) in [4.78, 5) is 11.2. The van der Waals surface area contributed by atoms with Gasteiger partial charge < -0.3 is 9.84 Å².